The van der Waals surface area contributed by atoms with Crippen LogP contribution in [0.1, 0.15) is 47.3 Å². The molecule has 3 heterocycles. The predicted molar refractivity (Wildman–Crippen MR) is 130 cm³/mol. The van der Waals surface area contributed by atoms with Gasteiger partial charge in [-0.2, -0.15) is 4.98 Å². The van der Waals surface area contributed by atoms with Gasteiger partial charge in [0.25, 0.3) is 5.91 Å². The number of hydrogen-bond donors (Lipinski definition) is 2. The van der Waals surface area contributed by atoms with Crippen LogP contribution in [0.25, 0.3) is 16.8 Å². The maximum Gasteiger partial charge on any atom is 0.253 e. The normalized spacial score (nSPS) is 13.9. The zero-order valence-corrected chi connectivity index (χ0v) is 19.8. The minimum atomic E-state index is -0.776. The van der Waals surface area contributed by atoms with Gasteiger partial charge in [0, 0.05) is 36.1 Å². The third-order valence-electron chi connectivity index (χ3n) is 6.48. The van der Waals surface area contributed by atoms with Crippen molar-refractivity contribution in [1.29, 1.82) is 0 Å². The van der Waals surface area contributed by atoms with E-state index in [0.717, 1.165) is 37.3 Å². The number of amides is 1. The summed E-state index contributed by atoms with van der Waals surface area (Å²) in [7, 11) is 0. The maximum absolute atomic E-state index is 14.5. The minimum absolute atomic E-state index is 0.0203. The molecule has 0 unspecified atom stereocenters. The second kappa shape index (κ2) is 9.88. The molecule has 1 aliphatic carbocycles. The van der Waals surface area contributed by atoms with Crippen molar-refractivity contribution >= 4 is 17.5 Å². The van der Waals surface area contributed by atoms with Gasteiger partial charge in [0.05, 0.1) is 17.9 Å². The fraction of sp³-hybridized carbons (Fsp3) is 0.308. The summed E-state index contributed by atoms with van der Waals surface area (Å²) < 4.78 is 35.8. The van der Waals surface area contributed by atoms with Crippen molar-refractivity contribution in [1.82, 2.24) is 24.9 Å². The number of hydrogen-bond acceptors (Lipinski definition) is 6. The van der Waals surface area contributed by atoms with Crippen LogP contribution in [0.15, 0.2) is 42.7 Å². The van der Waals surface area contributed by atoms with Crippen LogP contribution in [0, 0.1) is 24.5 Å². The molecule has 0 bridgehead atoms. The van der Waals surface area contributed by atoms with Crippen LogP contribution >= 0.6 is 0 Å². The van der Waals surface area contributed by atoms with E-state index in [1.165, 1.54) is 6.07 Å². The van der Waals surface area contributed by atoms with Gasteiger partial charge < -0.3 is 15.8 Å². The summed E-state index contributed by atoms with van der Waals surface area (Å²) in [6.07, 6.45) is 7.73. The van der Waals surface area contributed by atoms with Crippen LogP contribution in [0.2, 0.25) is 0 Å². The van der Waals surface area contributed by atoms with Crippen LogP contribution in [-0.4, -0.2) is 32.1 Å². The van der Waals surface area contributed by atoms with Crippen molar-refractivity contribution in [2.75, 3.05) is 12.3 Å². The van der Waals surface area contributed by atoms with E-state index in [1.807, 2.05) is 6.07 Å². The van der Waals surface area contributed by atoms with Gasteiger partial charge in [-0.1, -0.05) is 12.8 Å². The van der Waals surface area contributed by atoms with Gasteiger partial charge in [-0.3, -0.25) is 9.78 Å². The molecule has 0 spiro atoms. The second-order valence-electron chi connectivity index (χ2n) is 9.07. The van der Waals surface area contributed by atoms with Crippen LogP contribution < -0.4 is 15.8 Å². The van der Waals surface area contributed by atoms with Crippen LogP contribution in [0.4, 0.5) is 14.7 Å². The van der Waals surface area contributed by atoms with E-state index in [2.05, 4.69) is 20.4 Å². The molecule has 186 valence electrons. The highest BCUT2D eigenvalue weighted by molar-refractivity contribution is 5.96. The number of rotatable bonds is 7. The fourth-order valence-corrected chi connectivity index (χ4v) is 4.55. The number of carbonyl (C=O) groups is 1. The molecule has 1 saturated carbocycles. The van der Waals surface area contributed by atoms with E-state index in [-0.39, 0.29) is 23.8 Å². The zero-order valence-electron chi connectivity index (χ0n) is 19.8. The lowest BCUT2D eigenvalue weighted by atomic mass is 10.0. The molecular weight excluding hydrogens is 466 g/mol. The van der Waals surface area contributed by atoms with Gasteiger partial charge in [0.1, 0.15) is 5.82 Å². The van der Waals surface area contributed by atoms with Gasteiger partial charge in [0.2, 0.25) is 5.95 Å². The number of halogens is 2. The van der Waals surface area contributed by atoms with E-state index >= 15 is 0 Å². The van der Waals surface area contributed by atoms with Crippen LogP contribution in [0.5, 0.6) is 5.75 Å². The van der Waals surface area contributed by atoms with Crippen LogP contribution in [0.3, 0.4) is 0 Å². The number of benzene rings is 1. The summed E-state index contributed by atoms with van der Waals surface area (Å²) in [4.78, 5) is 21.6. The first-order chi connectivity index (χ1) is 17.4. The molecule has 0 saturated heterocycles. The first-order valence-corrected chi connectivity index (χ1v) is 11.8. The first-order valence-electron chi connectivity index (χ1n) is 11.8. The highest BCUT2D eigenvalue weighted by Gasteiger charge is 2.20. The van der Waals surface area contributed by atoms with Gasteiger partial charge in [-0.05, 0) is 55.5 Å². The number of nitrogens with two attached hydrogens (primary N) is 1. The summed E-state index contributed by atoms with van der Waals surface area (Å²) in [6, 6.07) is 7.31. The number of nitrogens with one attached hydrogen (secondary N) is 1. The molecule has 36 heavy (non-hydrogen) atoms. The summed E-state index contributed by atoms with van der Waals surface area (Å²) in [5.74, 6) is -1.42. The van der Waals surface area contributed by atoms with E-state index in [1.54, 1.807) is 36.0 Å². The highest BCUT2D eigenvalue weighted by Crippen LogP contribution is 2.29. The van der Waals surface area contributed by atoms with Crippen molar-refractivity contribution in [3.8, 4) is 16.9 Å². The highest BCUT2D eigenvalue weighted by atomic mass is 19.1. The predicted octanol–water partition coefficient (Wildman–Crippen LogP) is 4.46. The first kappa shape index (κ1) is 23.7. The SMILES string of the molecule is Cc1ncc(-c2ccn3nc(N)nc3c2)cc1C(=O)NCc1cc(F)cc(F)c1OCC1CCCC1. The number of nitrogen functional groups attached to an aromatic ring is 1. The topological polar surface area (TPSA) is 107 Å². The Balaban J connectivity index is 1.34. The average Bonchev–Trinajstić information content (AvgIpc) is 3.50. The minimum Gasteiger partial charge on any atom is -0.490 e. The number of anilines is 1. The summed E-state index contributed by atoms with van der Waals surface area (Å²) in [5, 5.41) is 6.81. The Morgan fingerprint density at radius 2 is 2.00 bits per heavy atom. The number of aryl methyl sites for hydroxylation is 1. The molecule has 1 amide bonds. The fourth-order valence-electron chi connectivity index (χ4n) is 4.55. The summed E-state index contributed by atoms with van der Waals surface area (Å²) in [5.41, 5.74) is 8.82. The van der Waals surface area contributed by atoms with E-state index in [0.29, 0.717) is 35.0 Å². The van der Waals surface area contributed by atoms with Crippen molar-refractivity contribution in [3.63, 3.8) is 0 Å². The molecule has 0 aliphatic heterocycles. The second-order valence-corrected chi connectivity index (χ2v) is 9.07. The van der Waals surface area contributed by atoms with Gasteiger partial charge in [-0.25, -0.2) is 13.3 Å². The molecule has 10 heteroatoms. The maximum atomic E-state index is 14.5. The summed E-state index contributed by atoms with van der Waals surface area (Å²) >= 11 is 0. The number of aromatic nitrogens is 4. The Labute approximate surface area is 206 Å². The van der Waals surface area contributed by atoms with Gasteiger partial charge >= 0.3 is 0 Å². The lowest BCUT2D eigenvalue weighted by Crippen LogP contribution is -2.25. The third-order valence-corrected chi connectivity index (χ3v) is 6.48. The molecular formula is C26H26F2N6O2. The van der Waals surface area contributed by atoms with E-state index < -0.39 is 17.5 Å². The molecule has 8 nitrogen and oxygen atoms in total. The third kappa shape index (κ3) is 4.98. The Hall–Kier alpha value is -4.08. The Morgan fingerprint density at radius 3 is 2.81 bits per heavy atom. The Bertz CT molecular complexity index is 1430. The molecule has 4 aromatic rings. The average molecular weight is 493 g/mol. The smallest absolute Gasteiger partial charge is 0.253 e. The molecule has 3 N–H and O–H groups in total. The molecule has 1 aromatic carbocycles. The largest absolute Gasteiger partial charge is 0.490 e. The molecule has 1 aliphatic rings. The van der Waals surface area contributed by atoms with Crippen molar-refractivity contribution in [2.24, 2.45) is 5.92 Å². The quantitative estimate of drug-likeness (QED) is 0.395. The molecule has 3 aromatic heterocycles. The zero-order chi connectivity index (χ0) is 25.2. The molecule has 0 atom stereocenters. The lowest BCUT2D eigenvalue weighted by molar-refractivity contribution is 0.0949. The Kier molecular flexibility index (Phi) is 6.49. The van der Waals surface area contributed by atoms with E-state index in [9.17, 15) is 13.6 Å². The van der Waals surface area contributed by atoms with Crippen molar-refractivity contribution in [3.05, 3.63) is 71.2 Å². The number of fused-ring (bicyclic) bond motifs is 1. The van der Waals surface area contributed by atoms with Crippen LogP contribution in [-0.2, 0) is 6.54 Å². The van der Waals surface area contributed by atoms with Crippen molar-refractivity contribution in [2.45, 2.75) is 39.2 Å². The molecule has 0 radical (unpaired) electrons. The van der Waals surface area contributed by atoms with Crippen molar-refractivity contribution < 1.29 is 18.3 Å². The number of pyridine rings is 2. The lowest BCUT2D eigenvalue weighted by Gasteiger charge is -2.16. The Morgan fingerprint density at radius 1 is 1.19 bits per heavy atom. The number of nitrogens with zero attached hydrogens (tertiary/aromatic N) is 4. The van der Waals surface area contributed by atoms with E-state index in [4.69, 9.17) is 10.5 Å². The number of ether oxygens (including phenoxy) is 1. The molecule has 5 rings (SSSR count). The number of carbonyl (C=O) groups excluding carboxylic acids is 1. The molecule has 1 fully saturated rings. The summed E-state index contributed by atoms with van der Waals surface area (Å²) in [6.45, 7) is 2.00. The monoisotopic (exact) mass is 492 g/mol. The standard InChI is InChI=1S/C26H26F2N6O2/c1-15-21(9-18(12-30-15)17-6-7-34-23(10-17)32-26(29)33-34)25(35)31-13-19-8-20(27)11-22(28)24(19)36-14-16-4-2-3-5-16/h6-12,16H,2-5,13-14H2,1H3,(H2,29,33)(H,31,35). The van der Waals surface area contributed by atoms with Gasteiger partial charge in [0.15, 0.2) is 17.2 Å². The van der Waals surface area contributed by atoms with Gasteiger partial charge in [-0.15, -0.1) is 5.10 Å².